The number of Topliss-reactive ketones (excluding diaryl/α,β-unsaturated/α-hetero) is 1. The van der Waals surface area contributed by atoms with Crippen LogP contribution in [0, 0.1) is 0 Å². The van der Waals surface area contributed by atoms with Crippen molar-refractivity contribution in [1.29, 1.82) is 0 Å². The fourth-order valence-electron chi connectivity index (χ4n) is 4.23. The first-order valence-corrected chi connectivity index (χ1v) is 11.9. The van der Waals surface area contributed by atoms with Gasteiger partial charge >= 0.3 is 0 Å². The molecular weight excluding hydrogens is 490 g/mol. The molecule has 1 aliphatic rings. The minimum Gasteiger partial charge on any atom is -0.503 e. The normalized spacial score (nSPS) is 15.8. The number of thiophene rings is 1. The zero-order valence-electron chi connectivity index (χ0n) is 18.8. The number of fused-ring (bicyclic) bond motifs is 1. The van der Waals surface area contributed by atoms with E-state index in [-0.39, 0.29) is 17.9 Å². The monoisotopic (exact) mass is 509 g/mol. The van der Waals surface area contributed by atoms with Crippen LogP contribution in [0.2, 0.25) is 5.02 Å². The van der Waals surface area contributed by atoms with E-state index in [2.05, 4.69) is 0 Å². The van der Waals surface area contributed by atoms with Crippen molar-refractivity contribution in [2.75, 3.05) is 14.2 Å². The first-order valence-electron chi connectivity index (χ1n) is 10.6. The van der Waals surface area contributed by atoms with Gasteiger partial charge in [-0.2, -0.15) is 0 Å². The molecule has 3 heterocycles. The molecule has 2 aromatic heterocycles. The van der Waals surface area contributed by atoms with E-state index < -0.39 is 23.5 Å². The van der Waals surface area contributed by atoms with Gasteiger partial charge in [-0.15, -0.1) is 11.3 Å². The van der Waals surface area contributed by atoms with Gasteiger partial charge in [0.05, 0.1) is 32.4 Å². The van der Waals surface area contributed by atoms with Crippen LogP contribution in [0.4, 0.5) is 0 Å². The number of furan rings is 1. The number of carbonyl (C=O) groups excluding carboxylic acids is 2. The molecule has 0 fully saturated rings. The summed E-state index contributed by atoms with van der Waals surface area (Å²) in [6.45, 7) is 0.234. The van der Waals surface area contributed by atoms with Gasteiger partial charge in [-0.1, -0.05) is 29.8 Å². The summed E-state index contributed by atoms with van der Waals surface area (Å²) in [6.07, 6.45) is 0. The van der Waals surface area contributed by atoms with E-state index in [1.165, 1.54) is 29.4 Å². The number of ether oxygens (including phenoxy) is 2. The second kappa shape index (κ2) is 9.13. The molecule has 4 aromatic rings. The molecule has 9 heteroatoms. The molecule has 0 saturated heterocycles. The quantitative estimate of drug-likeness (QED) is 0.310. The lowest BCUT2D eigenvalue weighted by Crippen LogP contribution is -2.30. The molecule has 0 saturated carbocycles. The molecule has 1 unspecified atom stereocenters. The van der Waals surface area contributed by atoms with Crippen LogP contribution in [-0.2, 0) is 11.3 Å². The summed E-state index contributed by atoms with van der Waals surface area (Å²) < 4.78 is 16.4. The maximum Gasteiger partial charge on any atom is 0.290 e. The number of aliphatic hydroxyl groups excluding tert-OH is 1. The first-order chi connectivity index (χ1) is 16.9. The fourth-order valence-corrected chi connectivity index (χ4v) is 5.15. The van der Waals surface area contributed by atoms with Gasteiger partial charge in [0.25, 0.3) is 5.91 Å². The smallest absolute Gasteiger partial charge is 0.290 e. The number of aliphatic hydroxyl groups is 1. The SMILES string of the molecule is COc1ccc(C2C(C(=O)c3cc4cc(Cl)cc(OC)c4o3)=C(O)C(=O)N2Cc2cccs2)cc1. The number of hydrogen-bond acceptors (Lipinski definition) is 7. The lowest BCUT2D eigenvalue weighted by molar-refractivity contribution is -0.130. The molecule has 0 bridgehead atoms. The maximum atomic E-state index is 13.7. The van der Waals surface area contributed by atoms with E-state index in [9.17, 15) is 14.7 Å². The molecule has 35 heavy (non-hydrogen) atoms. The van der Waals surface area contributed by atoms with Gasteiger partial charge in [-0.3, -0.25) is 9.59 Å². The molecule has 1 amide bonds. The number of hydrogen-bond donors (Lipinski definition) is 1. The van der Waals surface area contributed by atoms with Crippen LogP contribution in [-0.4, -0.2) is 35.9 Å². The fraction of sp³-hybridized carbons (Fsp3) is 0.154. The van der Waals surface area contributed by atoms with E-state index in [4.69, 9.17) is 25.5 Å². The van der Waals surface area contributed by atoms with Gasteiger partial charge in [-0.25, -0.2) is 0 Å². The lowest BCUT2D eigenvalue weighted by Gasteiger charge is -2.26. The Kier molecular flexibility index (Phi) is 6.00. The number of nitrogens with zero attached hydrogens (tertiary/aromatic N) is 1. The molecular formula is C26H20ClNO6S. The second-order valence-electron chi connectivity index (χ2n) is 7.92. The number of ketones is 1. The summed E-state index contributed by atoms with van der Waals surface area (Å²) in [5.74, 6) is -0.855. The van der Waals surface area contributed by atoms with Crippen LogP contribution in [0.15, 0.2) is 75.7 Å². The number of amides is 1. The minimum atomic E-state index is -0.818. The van der Waals surface area contributed by atoms with Crippen LogP contribution in [0.25, 0.3) is 11.0 Å². The van der Waals surface area contributed by atoms with E-state index in [0.29, 0.717) is 33.1 Å². The molecule has 178 valence electrons. The Balaban J connectivity index is 1.61. The van der Waals surface area contributed by atoms with Gasteiger partial charge in [-0.05, 0) is 41.3 Å². The van der Waals surface area contributed by atoms with E-state index >= 15 is 0 Å². The summed E-state index contributed by atoms with van der Waals surface area (Å²) in [7, 11) is 3.03. The highest BCUT2D eigenvalue weighted by atomic mass is 35.5. The average Bonchev–Trinajstić information content (AvgIpc) is 3.59. The predicted molar refractivity (Wildman–Crippen MR) is 132 cm³/mol. The van der Waals surface area contributed by atoms with Crippen molar-refractivity contribution in [1.82, 2.24) is 4.90 Å². The lowest BCUT2D eigenvalue weighted by atomic mass is 9.95. The van der Waals surface area contributed by atoms with E-state index in [1.54, 1.807) is 43.5 Å². The molecule has 1 atom stereocenters. The molecule has 5 rings (SSSR count). The molecule has 0 aliphatic carbocycles. The number of rotatable bonds is 7. The number of benzene rings is 2. The zero-order chi connectivity index (χ0) is 24.7. The molecule has 1 aliphatic heterocycles. The number of halogens is 1. The third-order valence-electron chi connectivity index (χ3n) is 5.88. The van der Waals surface area contributed by atoms with Crippen molar-refractivity contribution in [3.05, 3.63) is 92.5 Å². The van der Waals surface area contributed by atoms with Crippen molar-refractivity contribution < 1.29 is 28.6 Å². The average molecular weight is 510 g/mol. The van der Waals surface area contributed by atoms with Crippen LogP contribution in [0.3, 0.4) is 0 Å². The van der Waals surface area contributed by atoms with E-state index in [0.717, 1.165) is 4.88 Å². The molecule has 0 spiro atoms. The standard InChI is InChI=1S/C26H20ClNO6S/c1-32-17-7-5-14(6-8-17)22-21(24(30)26(31)28(22)13-18-4-3-9-35-18)23(29)19-11-15-10-16(27)12-20(33-2)25(15)34-19/h3-12,22,30H,13H2,1-2H3. The first kappa shape index (κ1) is 23.0. The van der Waals surface area contributed by atoms with Gasteiger partial charge in [0.15, 0.2) is 22.9 Å². The summed E-state index contributed by atoms with van der Waals surface area (Å²) in [5.41, 5.74) is 0.946. The molecule has 1 N–H and O–H groups in total. The van der Waals surface area contributed by atoms with Crippen LogP contribution in [0.5, 0.6) is 11.5 Å². The van der Waals surface area contributed by atoms with Crippen LogP contribution < -0.4 is 9.47 Å². The largest absolute Gasteiger partial charge is 0.503 e. The summed E-state index contributed by atoms with van der Waals surface area (Å²) >= 11 is 7.65. The molecule has 0 radical (unpaired) electrons. The Hall–Kier alpha value is -3.75. The topological polar surface area (TPSA) is 89.2 Å². The Bertz CT molecular complexity index is 1460. The zero-order valence-corrected chi connectivity index (χ0v) is 20.4. The van der Waals surface area contributed by atoms with E-state index in [1.807, 2.05) is 17.5 Å². The third-order valence-corrected chi connectivity index (χ3v) is 6.96. The highest BCUT2D eigenvalue weighted by Gasteiger charge is 2.44. The van der Waals surface area contributed by atoms with Crippen molar-refractivity contribution in [2.24, 2.45) is 0 Å². The third kappa shape index (κ3) is 4.05. The molecule has 2 aromatic carbocycles. The van der Waals surface area contributed by atoms with Crippen molar-refractivity contribution in [3.63, 3.8) is 0 Å². The van der Waals surface area contributed by atoms with Crippen LogP contribution >= 0.6 is 22.9 Å². The minimum absolute atomic E-state index is 0.0357. The van der Waals surface area contributed by atoms with Gasteiger partial charge in [0, 0.05) is 21.4 Å². The Morgan fingerprint density at radius 3 is 2.57 bits per heavy atom. The van der Waals surface area contributed by atoms with Crippen molar-refractivity contribution in [2.45, 2.75) is 12.6 Å². The predicted octanol–water partition coefficient (Wildman–Crippen LogP) is 5.94. The van der Waals surface area contributed by atoms with Gasteiger partial charge < -0.3 is 23.9 Å². The number of methoxy groups -OCH3 is 2. The summed E-state index contributed by atoms with van der Waals surface area (Å²) in [5, 5.41) is 13.8. The van der Waals surface area contributed by atoms with Crippen molar-refractivity contribution >= 4 is 45.6 Å². The van der Waals surface area contributed by atoms with Crippen molar-refractivity contribution in [3.8, 4) is 11.5 Å². The van der Waals surface area contributed by atoms with Gasteiger partial charge in [0.1, 0.15) is 5.75 Å². The Morgan fingerprint density at radius 2 is 1.91 bits per heavy atom. The summed E-state index contributed by atoms with van der Waals surface area (Å²) in [6, 6.07) is 14.8. The van der Waals surface area contributed by atoms with Crippen LogP contribution in [0.1, 0.15) is 27.0 Å². The Labute approximate surface area is 209 Å². The highest BCUT2D eigenvalue weighted by molar-refractivity contribution is 7.09. The highest BCUT2D eigenvalue weighted by Crippen LogP contribution is 2.42. The Morgan fingerprint density at radius 1 is 1.14 bits per heavy atom. The molecule has 7 nitrogen and oxygen atoms in total. The number of carbonyl (C=O) groups is 2. The maximum absolute atomic E-state index is 13.7. The van der Waals surface area contributed by atoms with Gasteiger partial charge in [0.2, 0.25) is 5.78 Å². The second-order valence-corrected chi connectivity index (χ2v) is 9.39. The summed E-state index contributed by atoms with van der Waals surface area (Å²) in [4.78, 5) is 29.3.